The van der Waals surface area contributed by atoms with Crippen molar-refractivity contribution in [1.29, 1.82) is 0 Å². The lowest BCUT2D eigenvalue weighted by Gasteiger charge is -2.38. The summed E-state index contributed by atoms with van der Waals surface area (Å²) >= 11 is 5.88. The van der Waals surface area contributed by atoms with E-state index in [1.165, 1.54) is 12.1 Å². The Morgan fingerprint density at radius 2 is 1.66 bits per heavy atom. The molecule has 0 aliphatic carbocycles. The Kier molecular flexibility index (Phi) is 9.99. The van der Waals surface area contributed by atoms with Crippen LogP contribution in [-0.2, 0) is 4.74 Å². The minimum Gasteiger partial charge on any atom is -0.495 e. The van der Waals surface area contributed by atoms with Crippen molar-refractivity contribution in [3.8, 4) is 5.75 Å². The van der Waals surface area contributed by atoms with Crippen molar-refractivity contribution >= 4 is 46.2 Å². The molecule has 0 aromatic heterocycles. The number of nitrogens with zero attached hydrogens (tertiary/aromatic N) is 3. The number of rotatable bonds is 11. The van der Waals surface area contributed by atoms with Gasteiger partial charge in [-0.15, -0.1) is 0 Å². The molecule has 4 rings (SSSR count). The number of nitro benzene ring substituents is 1. The number of methoxy groups -OCH3 is 2. The van der Waals surface area contributed by atoms with Gasteiger partial charge in [0.25, 0.3) is 17.5 Å². The van der Waals surface area contributed by atoms with Crippen LogP contribution in [0.25, 0.3) is 0 Å². The largest absolute Gasteiger partial charge is 0.495 e. The summed E-state index contributed by atoms with van der Waals surface area (Å²) in [5.74, 6) is -0.0286. The van der Waals surface area contributed by atoms with Gasteiger partial charge in [-0.05, 0) is 48.9 Å². The van der Waals surface area contributed by atoms with E-state index in [1.807, 2.05) is 30.3 Å². The summed E-state index contributed by atoms with van der Waals surface area (Å²) in [7, 11) is 3.26. The van der Waals surface area contributed by atoms with E-state index in [0.29, 0.717) is 43.9 Å². The summed E-state index contributed by atoms with van der Waals surface area (Å²) < 4.78 is 10.6. The second-order valence-electron chi connectivity index (χ2n) is 9.36. The van der Waals surface area contributed by atoms with E-state index in [0.717, 1.165) is 36.3 Å². The maximum absolute atomic E-state index is 13.3. The van der Waals surface area contributed by atoms with Gasteiger partial charge in [-0.25, -0.2) is 0 Å². The fraction of sp³-hybridized carbons (Fsp3) is 0.310. The first-order valence-corrected chi connectivity index (χ1v) is 13.5. The van der Waals surface area contributed by atoms with Crippen molar-refractivity contribution in [1.82, 2.24) is 5.32 Å². The predicted molar refractivity (Wildman–Crippen MR) is 159 cm³/mol. The SMILES string of the molecule is COCCCNC(=O)c1cc(NC(=O)c2ccc(Cl)c([N+](=O)[O-])c2)ccc1N1CCN(c2ccccc2OC)CC1. The molecule has 0 saturated carbocycles. The Morgan fingerprint density at radius 1 is 0.951 bits per heavy atom. The Hall–Kier alpha value is -4.35. The molecule has 3 aromatic carbocycles. The molecule has 2 N–H and O–H groups in total. The number of carbonyl (C=O) groups is 2. The first kappa shape index (κ1) is 29.6. The van der Waals surface area contributed by atoms with Gasteiger partial charge >= 0.3 is 0 Å². The topological polar surface area (TPSA) is 126 Å². The number of hydrogen-bond acceptors (Lipinski definition) is 8. The fourth-order valence-corrected chi connectivity index (χ4v) is 4.85. The van der Waals surface area contributed by atoms with E-state index in [9.17, 15) is 19.7 Å². The number of anilines is 3. The van der Waals surface area contributed by atoms with Crippen LogP contribution in [0.1, 0.15) is 27.1 Å². The van der Waals surface area contributed by atoms with Crippen molar-refractivity contribution in [2.24, 2.45) is 0 Å². The molecule has 3 aromatic rings. The van der Waals surface area contributed by atoms with Crippen LogP contribution in [0.3, 0.4) is 0 Å². The number of para-hydroxylation sites is 2. The maximum Gasteiger partial charge on any atom is 0.288 e. The van der Waals surface area contributed by atoms with E-state index >= 15 is 0 Å². The predicted octanol–water partition coefficient (Wildman–Crippen LogP) is 4.60. The Balaban J connectivity index is 1.55. The lowest BCUT2D eigenvalue weighted by molar-refractivity contribution is -0.384. The molecular weight excluding hydrogens is 550 g/mol. The number of hydrogen-bond donors (Lipinski definition) is 2. The van der Waals surface area contributed by atoms with Crippen LogP contribution in [-0.4, -0.2) is 70.3 Å². The summed E-state index contributed by atoms with van der Waals surface area (Å²) in [4.78, 5) is 41.2. The Bertz CT molecular complexity index is 1410. The first-order chi connectivity index (χ1) is 19.8. The number of piperazine rings is 1. The quantitative estimate of drug-likeness (QED) is 0.191. The molecule has 1 heterocycles. The first-order valence-electron chi connectivity index (χ1n) is 13.1. The van der Waals surface area contributed by atoms with Crippen molar-refractivity contribution in [3.63, 3.8) is 0 Å². The average molecular weight is 582 g/mol. The van der Waals surface area contributed by atoms with Crippen molar-refractivity contribution in [2.75, 3.05) is 68.7 Å². The Labute approximate surface area is 243 Å². The van der Waals surface area contributed by atoms with Crippen molar-refractivity contribution in [3.05, 3.63) is 86.9 Å². The number of nitro groups is 1. The Morgan fingerprint density at radius 3 is 2.34 bits per heavy atom. The molecular formula is C29H32ClN5O6. The number of halogens is 1. The molecule has 1 aliphatic heterocycles. The van der Waals surface area contributed by atoms with Crippen LogP contribution >= 0.6 is 11.6 Å². The summed E-state index contributed by atoms with van der Waals surface area (Å²) in [5.41, 5.74) is 2.26. The standard InChI is InChI=1S/C29H32ClN5O6/c1-40-17-5-12-31-29(37)22-19-21(32-28(36)20-8-10-23(30)26(18-20)35(38)39)9-11-24(22)33-13-15-34(16-14-33)25-6-3-4-7-27(25)41-2/h3-4,6-11,18-19H,5,12-17H2,1-2H3,(H,31,37)(H,32,36). The molecule has 41 heavy (non-hydrogen) atoms. The summed E-state index contributed by atoms with van der Waals surface area (Å²) in [6, 6.07) is 16.9. The second kappa shape index (κ2) is 13.8. The summed E-state index contributed by atoms with van der Waals surface area (Å²) in [5, 5.41) is 16.9. The molecule has 0 spiro atoms. The lowest BCUT2D eigenvalue weighted by Crippen LogP contribution is -2.47. The van der Waals surface area contributed by atoms with Gasteiger partial charge in [-0.3, -0.25) is 19.7 Å². The molecule has 1 saturated heterocycles. The maximum atomic E-state index is 13.3. The van der Waals surface area contributed by atoms with Gasteiger partial charge in [0.2, 0.25) is 0 Å². The third-order valence-electron chi connectivity index (χ3n) is 6.76. The zero-order valence-corrected chi connectivity index (χ0v) is 23.6. The van der Waals surface area contributed by atoms with Crippen LogP contribution in [0.4, 0.5) is 22.7 Å². The van der Waals surface area contributed by atoms with Gasteiger partial charge in [0.05, 0.1) is 23.3 Å². The molecule has 0 atom stereocenters. The van der Waals surface area contributed by atoms with Crippen molar-refractivity contribution < 1.29 is 24.0 Å². The third-order valence-corrected chi connectivity index (χ3v) is 7.08. The van der Waals surface area contributed by atoms with Gasteiger partial charge in [0.15, 0.2) is 0 Å². The molecule has 0 unspecified atom stereocenters. The van der Waals surface area contributed by atoms with Gasteiger partial charge in [-0.1, -0.05) is 23.7 Å². The van der Waals surface area contributed by atoms with E-state index in [2.05, 4.69) is 20.4 Å². The number of carbonyl (C=O) groups excluding carboxylic acids is 2. The molecule has 0 radical (unpaired) electrons. The van der Waals surface area contributed by atoms with Gasteiger partial charge in [0, 0.05) is 69.4 Å². The van der Waals surface area contributed by atoms with Gasteiger partial charge in [-0.2, -0.15) is 0 Å². The normalized spacial score (nSPS) is 13.0. The molecule has 1 aliphatic rings. The molecule has 216 valence electrons. The van der Waals surface area contributed by atoms with Crippen LogP contribution < -0.4 is 25.2 Å². The van der Waals surface area contributed by atoms with Crippen LogP contribution in [0, 0.1) is 10.1 Å². The van der Waals surface area contributed by atoms with Gasteiger partial charge < -0.3 is 29.9 Å². The highest BCUT2D eigenvalue weighted by Crippen LogP contribution is 2.31. The highest BCUT2D eigenvalue weighted by Gasteiger charge is 2.24. The monoisotopic (exact) mass is 581 g/mol. The molecule has 12 heteroatoms. The molecule has 1 fully saturated rings. The molecule has 11 nitrogen and oxygen atoms in total. The summed E-state index contributed by atoms with van der Waals surface area (Å²) in [6.07, 6.45) is 0.654. The van der Waals surface area contributed by atoms with E-state index < -0.39 is 10.8 Å². The lowest BCUT2D eigenvalue weighted by atomic mass is 10.1. The molecule has 0 bridgehead atoms. The smallest absolute Gasteiger partial charge is 0.288 e. The van der Waals surface area contributed by atoms with E-state index in [-0.39, 0.29) is 22.2 Å². The van der Waals surface area contributed by atoms with Crippen LogP contribution in [0.2, 0.25) is 5.02 Å². The number of nitrogens with one attached hydrogen (secondary N) is 2. The highest BCUT2D eigenvalue weighted by atomic mass is 35.5. The highest BCUT2D eigenvalue weighted by molar-refractivity contribution is 6.32. The minimum absolute atomic E-state index is 0.0610. The fourth-order valence-electron chi connectivity index (χ4n) is 4.66. The number of benzene rings is 3. The summed E-state index contributed by atoms with van der Waals surface area (Å²) in [6.45, 7) is 3.73. The van der Waals surface area contributed by atoms with Gasteiger partial charge in [0.1, 0.15) is 10.8 Å². The number of amides is 2. The second-order valence-corrected chi connectivity index (χ2v) is 9.76. The van der Waals surface area contributed by atoms with Crippen molar-refractivity contribution in [2.45, 2.75) is 6.42 Å². The van der Waals surface area contributed by atoms with Crippen LogP contribution in [0.5, 0.6) is 5.75 Å². The minimum atomic E-state index is -0.645. The zero-order chi connectivity index (χ0) is 29.4. The number of ether oxygens (including phenoxy) is 2. The van der Waals surface area contributed by atoms with Crippen LogP contribution in [0.15, 0.2) is 60.7 Å². The van der Waals surface area contributed by atoms with E-state index in [1.54, 1.807) is 26.4 Å². The molecule has 2 amide bonds. The van der Waals surface area contributed by atoms with E-state index in [4.69, 9.17) is 21.1 Å². The third kappa shape index (κ3) is 7.24. The average Bonchev–Trinajstić information content (AvgIpc) is 2.99. The zero-order valence-electron chi connectivity index (χ0n) is 22.9.